The lowest BCUT2D eigenvalue weighted by Gasteiger charge is -2.39. The van der Waals surface area contributed by atoms with Crippen molar-refractivity contribution >= 4 is 5.97 Å². The molecule has 1 fully saturated rings. The molecule has 1 heterocycles. The summed E-state index contributed by atoms with van der Waals surface area (Å²) in [4.78, 5) is 14.7. The van der Waals surface area contributed by atoms with E-state index in [4.69, 9.17) is 4.74 Å². The maximum Gasteiger partial charge on any atom is 0.316 e. The number of hydrogen-bond acceptors (Lipinski definition) is 3. The smallest absolute Gasteiger partial charge is 0.316 e. The normalized spacial score (nSPS) is 19.1. The van der Waals surface area contributed by atoms with Gasteiger partial charge in [0.15, 0.2) is 0 Å². The van der Waals surface area contributed by atoms with Crippen LogP contribution in [0.2, 0.25) is 0 Å². The fourth-order valence-electron chi connectivity index (χ4n) is 2.75. The van der Waals surface area contributed by atoms with Crippen molar-refractivity contribution < 1.29 is 9.53 Å². The largest absolute Gasteiger partial charge is 0.465 e. The van der Waals surface area contributed by atoms with Gasteiger partial charge in [0.2, 0.25) is 0 Å². The third kappa shape index (κ3) is 2.81. The van der Waals surface area contributed by atoms with Gasteiger partial charge in [0.25, 0.3) is 0 Å². The molecule has 0 saturated carbocycles. The quantitative estimate of drug-likeness (QED) is 0.783. The first kappa shape index (κ1) is 14.1. The Morgan fingerprint density at radius 3 is 2.37 bits per heavy atom. The summed E-state index contributed by atoms with van der Waals surface area (Å²) in [6, 6.07) is 8.32. The summed E-state index contributed by atoms with van der Waals surface area (Å²) in [5, 5.41) is 0. The lowest BCUT2D eigenvalue weighted by molar-refractivity contribution is -0.152. The van der Waals surface area contributed by atoms with Crippen molar-refractivity contribution in [2.75, 3.05) is 26.7 Å². The number of hydrogen-bond donors (Lipinski definition) is 0. The van der Waals surface area contributed by atoms with Crippen molar-refractivity contribution in [3.63, 3.8) is 0 Å². The molecule has 1 aliphatic heterocycles. The Bertz CT molecular complexity index is 431. The van der Waals surface area contributed by atoms with Crippen molar-refractivity contribution in [3.8, 4) is 0 Å². The number of likely N-dealkylation sites (tertiary alicyclic amines) is 1. The van der Waals surface area contributed by atoms with Crippen LogP contribution in [-0.4, -0.2) is 37.6 Å². The monoisotopic (exact) mass is 261 g/mol. The number of rotatable bonds is 3. The minimum absolute atomic E-state index is 0.0630. The lowest BCUT2D eigenvalue weighted by atomic mass is 9.72. The number of carbonyl (C=O) groups excluding carboxylic acids is 1. The molecule has 0 bridgehead atoms. The highest BCUT2D eigenvalue weighted by Gasteiger charge is 2.43. The van der Waals surface area contributed by atoms with Gasteiger partial charge in [0.1, 0.15) is 0 Å². The van der Waals surface area contributed by atoms with Gasteiger partial charge in [-0.25, -0.2) is 0 Å². The first-order valence-corrected chi connectivity index (χ1v) is 7.01. The molecule has 0 aromatic heterocycles. The fraction of sp³-hybridized carbons (Fsp3) is 0.562. The second-order valence-electron chi connectivity index (χ2n) is 5.47. The Kier molecular flexibility index (Phi) is 4.25. The molecule has 0 atom stereocenters. The number of benzene rings is 1. The standard InChI is InChI=1S/C16H23NO2/c1-4-19-15(18)16(9-11-17(3)12-10-16)14-7-5-13(2)6-8-14/h5-8H,4,9-12H2,1-3H3. The van der Waals surface area contributed by atoms with Crippen molar-refractivity contribution in [1.29, 1.82) is 0 Å². The molecule has 19 heavy (non-hydrogen) atoms. The third-order valence-corrected chi connectivity index (χ3v) is 4.11. The van der Waals surface area contributed by atoms with Crippen LogP contribution in [0.25, 0.3) is 0 Å². The first-order chi connectivity index (χ1) is 9.08. The molecule has 0 N–H and O–H groups in total. The second kappa shape index (κ2) is 5.74. The SMILES string of the molecule is CCOC(=O)C1(c2ccc(C)cc2)CCN(C)CC1. The summed E-state index contributed by atoms with van der Waals surface area (Å²) >= 11 is 0. The van der Waals surface area contributed by atoms with Crippen LogP contribution in [0.4, 0.5) is 0 Å². The average Bonchev–Trinajstić information content (AvgIpc) is 2.41. The summed E-state index contributed by atoms with van der Waals surface area (Å²) in [5.74, 6) is -0.0630. The summed E-state index contributed by atoms with van der Waals surface area (Å²) in [5.41, 5.74) is 1.87. The molecular weight excluding hydrogens is 238 g/mol. The Balaban J connectivity index is 2.33. The van der Waals surface area contributed by atoms with E-state index in [0.29, 0.717) is 6.61 Å². The molecule has 1 aromatic rings. The molecule has 0 spiro atoms. The molecular formula is C16H23NO2. The van der Waals surface area contributed by atoms with Crippen molar-refractivity contribution in [3.05, 3.63) is 35.4 Å². The minimum Gasteiger partial charge on any atom is -0.465 e. The zero-order valence-corrected chi connectivity index (χ0v) is 12.1. The van der Waals surface area contributed by atoms with E-state index < -0.39 is 5.41 Å². The maximum atomic E-state index is 12.5. The number of esters is 1. The summed E-state index contributed by atoms with van der Waals surface area (Å²) in [6.45, 7) is 6.26. The van der Waals surface area contributed by atoms with E-state index in [2.05, 4.69) is 43.1 Å². The highest BCUT2D eigenvalue weighted by molar-refractivity contribution is 5.83. The van der Waals surface area contributed by atoms with Crippen molar-refractivity contribution in [1.82, 2.24) is 4.90 Å². The summed E-state index contributed by atoms with van der Waals surface area (Å²) in [6.07, 6.45) is 1.68. The van der Waals surface area contributed by atoms with Crippen LogP contribution in [0.1, 0.15) is 30.9 Å². The van der Waals surface area contributed by atoms with E-state index in [0.717, 1.165) is 31.5 Å². The van der Waals surface area contributed by atoms with E-state index in [1.807, 2.05) is 6.92 Å². The van der Waals surface area contributed by atoms with E-state index in [-0.39, 0.29) is 5.97 Å². The molecule has 0 aliphatic carbocycles. The molecule has 0 amide bonds. The Morgan fingerprint density at radius 2 is 1.84 bits per heavy atom. The predicted molar refractivity (Wildman–Crippen MR) is 76.2 cm³/mol. The van der Waals surface area contributed by atoms with Crippen molar-refractivity contribution in [2.45, 2.75) is 32.1 Å². The zero-order valence-electron chi connectivity index (χ0n) is 12.1. The summed E-state index contributed by atoms with van der Waals surface area (Å²) in [7, 11) is 2.10. The van der Waals surface area contributed by atoms with Gasteiger partial charge in [0, 0.05) is 0 Å². The van der Waals surface area contributed by atoms with Gasteiger partial charge in [-0.2, -0.15) is 0 Å². The summed E-state index contributed by atoms with van der Waals surface area (Å²) < 4.78 is 5.35. The van der Waals surface area contributed by atoms with Gasteiger partial charge in [-0.05, 0) is 52.4 Å². The molecule has 2 rings (SSSR count). The highest BCUT2D eigenvalue weighted by Crippen LogP contribution is 2.36. The number of carbonyl (C=O) groups is 1. The lowest BCUT2D eigenvalue weighted by Crippen LogP contribution is -2.47. The van der Waals surface area contributed by atoms with Gasteiger partial charge in [-0.3, -0.25) is 4.79 Å². The minimum atomic E-state index is -0.448. The first-order valence-electron chi connectivity index (χ1n) is 7.01. The number of nitrogens with zero attached hydrogens (tertiary/aromatic N) is 1. The van der Waals surface area contributed by atoms with Crippen LogP contribution in [0, 0.1) is 6.92 Å². The van der Waals surface area contributed by atoms with Gasteiger partial charge in [-0.15, -0.1) is 0 Å². The number of piperidine rings is 1. The van der Waals surface area contributed by atoms with Crippen LogP contribution in [0.15, 0.2) is 24.3 Å². The number of ether oxygens (including phenoxy) is 1. The van der Waals surface area contributed by atoms with Crippen LogP contribution < -0.4 is 0 Å². The fourth-order valence-corrected chi connectivity index (χ4v) is 2.75. The zero-order chi connectivity index (χ0) is 13.9. The molecule has 1 aromatic carbocycles. The Labute approximate surface area is 115 Å². The van der Waals surface area contributed by atoms with Crippen LogP contribution in [0.3, 0.4) is 0 Å². The molecule has 3 nitrogen and oxygen atoms in total. The third-order valence-electron chi connectivity index (χ3n) is 4.11. The van der Waals surface area contributed by atoms with Crippen LogP contribution >= 0.6 is 0 Å². The van der Waals surface area contributed by atoms with E-state index in [9.17, 15) is 4.79 Å². The number of aryl methyl sites for hydroxylation is 1. The predicted octanol–water partition coefficient (Wildman–Crippen LogP) is 2.52. The van der Waals surface area contributed by atoms with Crippen molar-refractivity contribution in [2.24, 2.45) is 0 Å². The van der Waals surface area contributed by atoms with E-state index in [1.165, 1.54) is 5.56 Å². The maximum absolute atomic E-state index is 12.5. The van der Waals surface area contributed by atoms with Gasteiger partial charge >= 0.3 is 5.97 Å². The average molecular weight is 261 g/mol. The molecule has 0 radical (unpaired) electrons. The molecule has 1 saturated heterocycles. The molecule has 3 heteroatoms. The van der Waals surface area contributed by atoms with Gasteiger partial charge < -0.3 is 9.64 Å². The highest BCUT2D eigenvalue weighted by atomic mass is 16.5. The van der Waals surface area contributed by atoms with Crippen LogP contribution in [0.5, 0.6) is 0 Å². The molecule has 0 unspecified atom stereocenters. The van der Waals surface area contributed by atoms with Gasteiger partial charge in [0.05, 0.1) is 12.0 Å². The Morgan fingerprint density at radius 1 is 1.26 bits per heavy atom. The second-order valence-corrected chi connectivity index (χ2v) is 5.47. The topological polar surface area (TPSA) is 29.5 Å². The molecule has 104 valence electrons. The van der Waals surface area contributed by atoms with Gasteiger partial charge in [-0.1, -0.05) is 29.8 Å². The van der Waals surface area contributed by atoms with E-state index in [1.54, 1.807) is 0 Å². The van der Waals surface area contributed by atoms with E-state index >= 15 is 0 Å². The molecule has 1 aliphatic rings. The van der Waals surface area contributed by atoms with Crippen LogP contribution in [-0.2, 0) is 14.9 Å². The Hall–Kier alpha value is -1.35.